The van der Waals surface area contributed by atoms with Crippen molar-refractivity contribution in [2.24, 2.45) is 5.92 Å². The van der Waals surface area contributed by atoms with Crippen molar-refractivity contribution in [2.45, 2.75) is 5.92 Å². The van der Waals surface area contributed by atoms with E-state index >= 15 is 0 Å². The normalized spacial score (nSPS) is 11.9. The first-order valence-electron chi connectivity index (χ1n) is 5.32. The molecule has 7 nitrogen and oxygen atoms in total. The van der Waals surface area contributed by atoms with E-state index in [9.17, 15) is 19.7 Å². The van der Waals surface area contributed by atoms with Crippen molar-refractivity contribution in [1.82, 2.24) is 0 Å². The van der Waals surface area contributed by atoms with Gasteiger partial charge in [0.1, 0.15) is 0 Å². The number of ether oxygens (including phenoxy) is 2. The Balaban J connectivity index is 3.13. The standard InChI is InChI=1S/C11H13NO6S/c1-17-10(13)9(11(14)18-2)7(6-12(15)16)8-4-3-5-19-8/h3-5,7,9H,6H2,1-2H3/t7-/m0/s1. The molecule has 0 N–H and O–H groups in total. The number of carbonyl (C=O) groups excluding carboxylic acids is 2. The Kier molecular flexibility index (Phi) is 5.43. The molecule has 0 spiro atoms. The van der Waals surface area contributed by atoms with Crippen LogP contribution in [0.5, 0.6) is 0 Å². The first-order valence-corrected chi connectivity index (χ1v) is 6.20. The third kappa shape index (κ3) is 3.75. The second-order valence-electron chi connectivity index (χ2n) is 3.66. The molecule has 1 aromatic heterocycles. The fourth-order valence-corrected chi connectivity index (χ4v) is 2.56. The van der Waals surface area contributed by atoms with E-state index in [1.807, 2.05) is 0 Å². The lowest BCUT2D eigenvalue weighted by Gasteiger charge is -2.19. The monoisotopic (exact) mass is 287 g/mol. The van der Waals surface area contributed by atoms with Gasteiger partial charge in [0.15, 0.2) is 5.92 Å². The average molecular weight is 287 g/mol. The summed E-state index contributed by atoms with van der Waals surface area (Å²) in [5.41, 5.74) is 0. The summed E-state index contributed by atoms with van der Waals surface area (Å²) in [5, 5.41) is 12.5. The molecule has 0 bridgehead atoms. The van der Waals surface area contributed by atoms with Crippen molar-refractivity contribution in [3.05, 3.63) is 32.5 Å². The number of nitrogens with zero attached hydrogens (tertiary/aromatic N) is 1. The molecular weight excluding hydrogens is 274 g/mol. The van der Waals surface area contributed by atoms with Crippen LogP contribution >= 0.6 is 11.3 Å². The zero-order chi connectivity index (χ0) is 14.4. The largest absolute Gasteiger partial charge is 0.468 e. The predicted molar refractivity (Wildman–Crippen MR) is 66.4 cm³/mol. The van der Waals surface area contributed by atoms with Crippen LogP contribution in [0.3, 0.4) is 0 Å². The molecule has 1 aromatic rings. The van der Waals surface area contributed by atoms with E-state index < -0.39 is 35.2 Å². The molecule has 0 amide bonds. The quantitative estimate of drug-likeness (QED) is 0.336. The van der Waals surface area contributed by atoms with Gasteiger partial charge in [0.25, 0.3) is 0 Å². The van der Waals surface area contributed by atoms with Crippen LogP contribution < -0.4 is 0 Å². The van der Waals surface area contributed by atoms with Crippen molar-refractivity contribution >= 4 is 23.3 Å². The summed E-state index contributed by atoms with van der Waals surface area (Å²) in [5.74, 6) is -3.91. The van der Waals surface area contributed by atoms with Gasteiger partial charge in [0.2, 0.25) is 6.54 Å². The summed E-state index contributed by atoms with van der Waals surface area (Å²) in [6.07, 6.45) is 0. The summed E-state index contributed by atoms with van der Waals surface area (Å²) in [6, 6.07) is 3.33. The fourth-order valence-electron chi connectivity index (χ4n) is 1.70. The molecule has 0 aliphatic heterocycles. The number of carbonyl (C=O) groups is 2. The van der Waals surface area contributed by atoms with Gasteiger partial charge in [-0.1, -0.05) is 6.07 Å². The third-order valence-electron chi connectivity index (χ3n) is 2.57. The number of rotatable bonds is 6. The van der Waals surface area contributed by atoms with Crippen LogP contribution in [0.4, 0.5) is 0 Å². The second kappa shape index (κ2) is 6.83. The number of esters is 2. The topological polar surface area (TPSA) is 95.7 Å². The van der Waals surface area contributed by atoms with E-state index in [1.54, 1.807) is 17.5 Å². The van der Waals surface area contributed by atoms with Crippen molar-refractivity contribution in [2.75, 3.05) is 20.8 Å². The second-order valence-corrected chi connectivity index (χ2v) is 4.64. The minimum Gasteiger partial charge on any atom is -0.468 e. The Labute approximate surface area is 113 Å². The van der Waals surface area contributed by atoms with Gasteiger partial charge in [-0.05, 0) is 11.4 Å². The number of thiophene rings is 1. The van der Waals surface area contributed by atoms with Crippen LogP contribution in [0.15, 0.2) is 17.5 Å². The van der Waals surface area contributed by atoms with Crippen LogP contribution in [0.25, 0.3) is 0 Å². The smallest absolute Gasteiger partial charge is 0.320 e. The van der Waals surface area contributed by atoms with Gasteiger partial charge in [-0.2, -0.15) is 0 Å². The van der Waals surface area contributed by atoms with Gasteiger partial charge in [-0.3, -0.25) is 19.7 Å². The van der Waals surface area contributed by atoms with Crippen molar-refractivity contribution in [1.29, 1.82) is 0 Å². The first-order chi connectivity index (χ1) is 9.01. The predicted octanol–water partition coefficient (Wildman–Crippen LogP) is 1.07. The molecule has 0 aliphatic carbocycles. The molecule has 104 valence electrons. The van der Waals surface area contributed by atoms with E-state index in [-0.39, 0.29) is 0 Å². The maximum absolute atomic E-state index is 11.7. The van der Waals surface area contributed by atoms with Gasteiger partial charge in [0, 0.05) is 9.80 Å². The molecule has 0 saturated heterocycles. The van der Waals surface area contributed by atoms with Gasteiger partial charge in [-0.15, -0.1) is 11.3 Å². The van der Waals surface area contributed by atoms with E-state index in [0.29, 0.717) is 4.88 Å². The fraction of sp³-hybridized carbons (Fsp3) is 0.455. The Morgan fingerprint density at radius 3 is 2.32 bits per heavy atom. The van der Waals surface area contributed by atoms with Crippen LogP contribution in [0.1, 0.15) is 10.8 Å². The molecule has 0 unspecified atom stereocenters. The number of hydrogen-bond acceptors (Lipinski definition) is 7. The molecule has 1 rings (SSSR count). The Hall–Kier alpha value is -1.96. The van der Waals surface area contributed by atoms with Crippen molar-refractivity contribution < 1.29 is 24.0 Å². The highest BCUT2D eigenvalue weighted by atomic mass is 32.1. The highest BCUT2D eigenvalue weighted by Gasteiger charge is 2.41. The number of methoxy groups -OCH3 is 2. The molecule has 19 heavy (non-hydrogen) atoms. The van der Waals surface area contributed by atoms with Crippen molar-refractivity contribution in [3.8, 4) is 0 Å². The minimum atomic E-state index is -1.33. The molecule has 0 fully saturated rings. The zero-order valence-corrected chi connectivity index (χ0v) is 11.2. The number of nitro groups is 1. The Bertz CT molecular complexity index is 442. The van der Waals surface area contributed by atoms with Crippen molar-refractivity contribution in [3.63, 3.8) is 0 Å². The summed E-state index contributed by atoms with van der Waals surface area (Å²) in [4.78, 5) is 34.1. The lowest BCUT2D eigenvalue weighted by Crippen LogP contribution is -2.35. The van der Waals surface area contributed by atoms with Gasteiger partial charge in [0.05, 0.1) is 20.1 Å². The summed E-state index contributed by atoms with van der Waals surface area (Å²) in [6.45, 7) is -0.546. The molecule has 0 radical (unpaired) electrons. The molecule has 1 heterocycles. The maximum atomic E-state index is 11.7. The van der Waals surface area contributed by atoms with E-state index in [1.165, 1.54) is 11.3 Å². The molecule has 0 saturated carbocycles. The van der Waals surface area contributed by atoms with Crippen LogP contribution in [-0.4, -0.2) is 37.6 Å². The summed E-state index contributed by atoms with van der Waals surface area (Å²) < 4.78 is 9.08. The summed E-state index contributed by atoms with van der Waals surface area (Å²) in [7, 11) is 2.24. The van der Waals surface area contributed by atoms with E-state index in [4.69, 9.17) is 0 Å². The van der Waals surface area contributed by atoms with Crippen LogP contribution in [0.2, 0.25) is 0 Å². The third-order valence-corrected chi connectivity index (χ3v) is 3.57. The lowest BCUT2D eigenvalue weighted by molar-refractivity contribution is -0.484. The lowest BCUT2D eigenvalue weighted by atomic mass is 9.91. The highest BCUT2D eigenvalue weighted by molar-refractivity contribution is 7.10. The molecular formula is C11H13NO6S. The van der Waals surface area contributed by atoms with E-state index in [0.717, 1.165) is 14.2 Å². The zero-order valence-electron chi connectivity index (χ0n) is 10.4. The molecule has 8 heteroatoms. The summed E-state index contributed by atoms with van der Waals surface area (Å²) >= 11 is 1.24. The average Bonchev–Trinajstić information content (AvgIpc) is 2.90. The minimum absolute atomic E-state index is 0.546. The molecule has 0 aliphatic rings. The van der Waals surface area contributed by atoms with Gasteiger partial charge >= 0.3 is 11.9 Å². The van der Waals surface area contributed by atoms with Gasteiger partial charge < -0.3 is 9.47 Å². The Morgan fingerprint density at radius 2 is 1.95 bits per heavy atom. The molecule has 0 aromatic carbocycles. The highest BCUT2D eigenvalue weighted by Crippen LogP contribution is 2.30. The molecule has 1 atom stereocenters. The van der Waals surface area contributed by atoms with Gasteiger partial charge in [-0.25, -0.2) is 0 Å². The van der Waals surface area contributed by atoms with Crippen LogP contribution in [0, 0.1) is 16.0 Å². The SMILES string of the molecule is COC(=O)C(C(=O)OC)[C@@H](C[N+](=O)[O-])c1cccs1. The first kappa shape index (κ1) is 15.1. The number of hydrogen-bond donors (Lipinski definition) is 0. The van der Waals surface area contributed by atoms with Crippen LogP contribution in [-0.2, 0) is 19.1 Å². The van der Waals surface area contributed by atoms with E-state index in [2.05, 4.69) is 9.47 Å². The maximum Gasteiger partial charge on any atom is 0.320 e. The Morgan fingerprint density at radius 1 is 1.37 bits per heavy atom.